The summed E-state index contributed by atoms with van der Waals surface area (Å²) in [7, 11) is 0. The number of carbonyl (C=O) groups excluding carboxylic acids is 2. The zero-order chi connectivity index (χ0) is 17.4. The zero-order valence-electron chi connectivity index (χ0n) is 13.8. The first kappa shape index (κ1) is 15.5. The van der Waals surface area contributed by atoms with Crippen LogP contribution in [0.1, 0.15) is 18.5 Å². The maximum atomic E-state index is 12.8. The maximum absolute atomic E-state index is 12.8. The fourth-order valence-corrected chi connectivity index (χ4v) is 3.27. The Morgan fingerprint density at radius 1 is 1.16 bits per heavy atom. The van der Waals surface area contributed by atoms with Crippen molar-refractivity contribution in [3.8, 4) is 11.5 Å². The molecule has 2 aliphatic rings. The Morgan fingerprint density at radius 3 is 2.68 bits per heavy atom. The average molecular weight is 338 g/mol. The summed E-state index contributed by atoms with van der Waals surface area (Å²) in [5, 5.41) is 2.73. The fourth-order valence-electron chi connectivity index (χ4n) is 3.27. The van der Waals surface area contributed by atoms with Crippen molar-refractivity contribution in [1.82, 2.24) is 5.32 Å². The quantitative estimate of drug-likeness (QED) is 0.930. The third-order valence-corrected chi connectivity index (χ3v) is 4.35. The second-order valence-corrected chi connectivity index (χ2v) is 6.14. The molecule has 6 heteroatoms. The van der Waals surface area contributed by atoms with Crippen LogP contribution in [0.15, 0.2) is 48.5 Å². The lowest BCUT2D eigenvalue weighted by molar-refractivity contribution is -0.126. The minimum Gasteiger partial charge on any atom is -0.486 e. The van der Waals surface area contributed by atoms with Gasteiger partial charge in [0, 0.05) is 18.2 Å². The number of para-hydroxylation sites is 3. The van der Waals surface area contributed by atoms with Crippen molar-refractivity contribution >= 4 is 17.5 Å². The molecule has 1 N–H and O–H groups in total. The molecule has 2 aromatic carbocycles. The van der Waals surface area contributed by atoms with Crippen molar-refractivity contribution in [1.29, 1.82) is 0 Å². The minimum absolute atomic E-state index is 0.154. The summed E-state index contributed by atoms with van der Waals surface area (Å²) in [6.07, 6.45) is -0.275. The Labute approximate surface area is 145 Å². The van der Waals surface area contributed by atoms with Crippen molar-refractivity contribution in [3.63, 3.8) is 0 Å². The van der Waals surface area contributed by atoms with Gasteiger partial charge in [-0.2, -0.15) is 0 Å². The van der Waals surface area contributed by atoms with Crippen LogP contribution in [0.2, 0.25) is 0 Å². The molecule has 2 aromatic rings. The van der Waals surface area contributed by atoms with Crippen molar-refractivity contribution in [2.75, 3.05) is 18.1 Å². The van der Waals surface area contributed by atoms with E-state index in [1.54, 1.807) is 4.90 Å². The number of hydrogen-bond donors (Lipinski definition) is 1. The van der Waals surface area contributed by atoms with Crippen molar-refractivity contribution in [3.05, 3.63) is 54.1 Å². The molecule has 2 amide bonds. The van der Waals surface area contributed by atoms with Gasteiger partial charge in [-0.3, -0.25) is 9.59 Å². The molecule has 0 saturated carbocycles. The van der Waals surface area contributed by atoms with Crippen LogP contribution in [0.25, 0.3) is 0 Å². The van der Waals surface area contributed by atoms with Crippen LogP contribution in [0.4, 0.5) is 5.69 Å². The number of amides is 2. The standard InChI is InChI=1S/C19H18N2O4/c1-12(22)20-18-14-6-2-3-7-15(14)21(19(18)23)10-13-11-24-16-8-4-5-9-17(16)25-13/h2-9,13,18H,10-11H2,1H3,(H,20,22)/t13-,18+/m0/s1. The highest BCUT2D eigenvalue weighted by Gasteiger charge is 2.39. The molecule has 0 aliphatic carbocycles. The Morgan fingerprint density at radius 2 is 1.88 bits per heavy atom. The molecule has 0 spiro atoms. The number of anilines is 1. The fraction of sp³-hybridized carbons (Fsp3) is 0.263. The first-order valence-corrected chi connectivity index (χ1v) is 8.19. The predicted molar refractivity (Wildman–Crippen MR) is 91.7 cm³/mol. The Kier molecular flexibility index (Phi) is 3.80. The summed E-state index contributed by atoms with van der Waals surface area (Å²) >= 11 is 0. The predicted octanol–water partition coefficient (Wildman–Crippen LogP) is 2.05. The Bertz CT molecular complexity index is 836. The summed E-state index contributed by atoms with van der Waals surface area (Å²) in [5.74, 6) is 1.00. The second kappa shape index (κ2) is 6.12. The summed E-state index contributed by atoms with van der Waals surface area (Å²) in [5.41, 5.74) is 1.61. The number of carbonyl (C=O) groups is 2. The van der Waals surface area contributed by atoms with Gasteiger partial charge in [0.15, 0.2) is 17.6 Å². The van der Waals surface area contributed by atoms with Gasteiger partial charge in [0.1, 0.15) is 12.6 Å². The number of hydrogen-bond acceptors (Lipinski definition) is 4. The number of nitrogens with zero attached hydrogens (tertiary/aromatic N) is 1. The molecule has 0 aromatic heterocycles. The summed E-state index contributed by atoms with van der Waals surface area (Å²) in [6, 6.07) is 14.3. The molecule has 4 rings (SSSR count). The molecular formula is C19H18N2O4. The molecule has 2 aliphatic heterocycles. The van der Waals surface area contributed by atoms with E-state index in [1.165, 1.54) is 6.92 Å². The first-order chi connectivity index (χ1) is 12.1. The lowest BCUT2D eigenvalue weighted by Gasteiger charge is -2.30. The van der Waals surface area contributed by atoms with E-state index in [1.807, 2.05) is 48.5 Å². The summed E-state index contributed by atoms with van der Waals surface area (Å²) < 4.78 is 11.7. The zero-order valence-corrected chi connectivity index (χ0v) is 13.8. The maximum Gasteiger partial charge on any atom is 0.254 e. The van der Waals surface area contributed by atoms with Gasteiger partial charge in [-0.25, -0.2) is 0 Å². The van der Waals surface area contributed by atoms with Crippen molar-refractivity contribution in [2.45, 2.75) is 19.1 Å². The highest BCUT2D eigenvalue weighted by Crippen LogP contribution is 2.37. The molecule has 25 heavy (non-hydrogen) atoms. The molecule has 0 saturated heterocycles. The first-order valence-electron chi connectivity index (χ1n) is 8.19. The van der Waals surface area contributed by atoms with E-state index >= 15 is 0 Å². The number of fused-ring (bicyclic) bond motifs is 2. The van der Waals surface area contributed by atoms with E-state index in [-0.39, 0.29) is 17.9 Å². The Balaban J connectivity index is 1.57. The third-order valence-electron chi connectivity index (χ3n) is 4.35. The van der Waals surface area contributed by atoms with Crippen LogP contribution < -0.4 is 19.7 Å². The van der Waals surface area contributed by atoms with Gasteiger partial charge < -0.3 is 19.7 Å². The topological polar surface area (TPSA) is 67.9 Å². The van der Waals surface area contributed by atoms with Crippen LogP contribution in [0, 0.1) is 0 Å². The van der Waals surface area contributed by atoms with E-state index in [2.05, 4.69) is 5.32 Å². The molecular weight excluding hydrogens is 320 g/mol. The lowest BCUT2D eigenvalue weighted by Crippen LogP contribution is -2.44. The van der Waals surface area contributed by atoms with Crippen molar-refractivity contribution in [2.24, 2.45) is 0 Å². The SMILES string of the molecule is CC(=O)N[C@H]1C(=O)N(C[C@H]2COc3ccccc3O2)c2ccccc21. The largest absolute Gasteiger partial charge is 0.486 e. The van der Waals surface area contributed by atoms with Gasteiger partial charge in [0.05, 0.1) is 6.54 Å². The average Bonchev–Trinajstić information content (AvgIpc) is 2.87. The number of rotatable bonds is 3. The van der Waals surface area contributed by atoms with Gasteiger partial charge in [0.25, 0.3) is 5.91 Å². The summed E-state index contributed by atoms with van der Waals surface area (Å²) in [6.45, 7) is 2.14. The Hall–Kier alpha value is -3.02. The van der Waals surface area contributed by atoms with Crippen LogP contribution in [0.3, 0.4) is 0 Å². The van der Waals surface area contributed by atoms with Gasteiger partial charge >= 0.3 is 0 Å². The smallest absolute Gasteiger partial charge is 0.254 e. The van der Waals surface area contributed by atoms with Gasteiger partial charge in [-0.15, -0.1) is 0 Å². The number of nitrogens with one attached hydrogen (secondary N) is 1. The van der Waals surface area contributed by atoms with E-state index in [4.69, 9.17) is 9.47 Å². The highest BCUT2D eigenvalue weighted by atomic mass is 16.6. The molecule has 2 atom stereocenters. The van der Waals surface area contributed by atoms with E-state index < -0.39 is 6.04 Å². The van der Waals surface area contributed by atoms with Crippen LogP contribution in [-0.4, -0.2) is 31.1 Å². The molecule has 6 nitrogen and oxygen atoms in total. The van der Waals surface area contributed by atoms with Crippen LogP contribution >= 0.6 is 0 Å². The number of benzene rings is 2. The van der Waals surface area contributed by atoms with E-state index in [9.17, 15) is 9.59 Å². The molecule has 128 valence electrons. The van der Waals surface area contributed by atoms with Crippen LogP contribution in [0.5, 0.6) is 11.5 Å². The molecule has 0 fully saturated rings. The van der Waals surface area contributed by atoms with Gasteiger partial charge in [-0.1, -0.05) is 30.3 Å². The molecule has 2 heterocycles. The van der Waals surface area contributed by atoms with E-state index in [0.717, 1.165) is 11.3 Å². The molecule has 0 radical (unpaired) electrons. The second-order valence-electron chi connectivity index (χ2n) is 6.14. The highest BCUT2D eigenvalue weighted by molar-refractivity contribution is 6.06. The number of ether oxygens (including phenoxy) is 2. The van der Waals surface area contributed by atoms with Gasteiger partial charge in [-0.05, 0) is 18.2 Å². The minimum atomic E-state index is -0.648. The van der Waals surface area contributed by atoms with Crippen molar-refractivity contribution < 1.29 is 19.1 Å². The molecule has 0 unspecified atom stereocenters. The van der Waals surface area contributed by atoms with E-state index in [0.29, 0.717) is 24.7 Å². The lowest BCUT2D eigenvalue weighted by atomic mass is 10.1. The molecule has 0 bridgehead atoms. The summed E-state index contributed by atoms with van der Waals surface area (Å²) in [4.78, 5) is 26.0. The van der Waals surface area contributed by atoms with Crippen LogP contribution in [-0.2, 0) is 9.59 Å². The third kappa shape index (κ3) is 2.80. The monoisotopic (exact) mass is 338 g/mol. The normalized spacial score (nSPS) is 21.0. The van der Waals surface area contributed by atoms with Gasteiger partial charge in [0.2, 0.25) is 5.91 Å².